The first kappa shape index (κ1) is 19.7. The first-order valence-electron chi connectivity index (χ1n) is 8.58. The van der Waals surface area contributed by atoms with Crippen molar-refractivity contribution in [3.05, 3.63) is 83.2 Å². The number of hydrogen-bond acceptors (Lipinski definition) is 3. The van der Waals surface area contributed by atoms with Gasteiger partial charge in [-0.1, -0.05) is 43.0 Å². The average molecular weight is 388 g/mol. The number of benzene rings is 2. The van der Waals surface area contributed by atoms with E-state index in [-0.39, 0.29) is 11.1 Å². The Morgan fingerprint density at radius 3 is 2.43 bits per heavy atom. The summed E-state index contributed by atoms with van der Waals surface area (Å²) in [5.74, 6) is 0. The third-order valence-corrected chi connectivity index (χ3v) is 4.55. The van der Waals surface area contributed by atoms with Crippen LogP contribution in [0.3, 0.4) is 0 Å². The maximum absolute atomic E-state index is 13.7. The second-order valence-corrected chi connectivity index (χ2v) is 6.62. The zero-order valence-corrected chi connectivity index (χ0v) is 14.9. The van der Waals surface area contributed by atoms with Gasteiger partial charge in [-0.15, -0.1) is 0 Å². The Balaban J connectivity index is 1.86. The molecule has 7 heteroatoms. The van der Waals surface area contributed by atoms with Gasteiger partial charge < -0.3 is 15.4 Å². The Morgan fingerprint density at radius 1 is 1.04 bits per heavy atom. The number of aliphatic hydroxyl groups is 1. The number of hydrogen-bond donors (Lipinski definition) is 3. The number of halogens is 3. The highest BCUT2D eigenvalue weighted by Crippen LogP contribution is 2.38. The van der Waals surface area contributed by atoms with Crippen LogP contribution in [-0.2, 0) is 0 Å². The van der Waals surface area contributed by atoms with E-state index in [9.17, 15) is 23.1 Å². The zero-order chi connectivity index (χ0) is 20.4. The van der Waals surface area contributed by atoms with Crippen LogP contribution in [-0.4, -0.2) is 28.4 Å². The summed E-state index contributed by atoms with van der Waals surface area (Å²) in [5.41, 5.74) is -1.74. The Hall–Kier alpha value is -3.06. The van der Waals surface area contributed by atoms with Crippen LogP contribution in [0, 0.1) is 0 Å². The molecule has 28 heavy (non-hydrogen) atoms. The zero-order valence-electron chi connectivity index (χ0n) is 14.9. The van der Waals surface area contributed by atoms with Crippen LogP contribution in [0.25, 0.3) is 16.5 Å². The predicted octanol–water partition coefficient (Wildman–Crippen LogP) is 4.34. The van der Waals surface area contributed by atoms with Crippen molar-refractivity contribution in [3.8, 4) is 0 Å². The summed E-state index contributed by atoms with van der Waals surface area (Å²) in [6.07, 6.45) is -5.54. The second-order valence-electron chi connectivity index (χ2n) is 6.62. The van der Waals surface area contributed by atoms with Crippen molar-refractivity contribution in [2.45, 2.75) is 18.2 Å². The Morgan fingerprint density at radius 2 is 1.75 bits per heavy atom. The monoisotopic (exact) mass is 388 g/mol. The fourth-order valence-corrected chi connectivity index (χ4v) is 2.97. The summed E-state index contributed by atoms with van der Waals surface area (Å²) in [4.78, 5) is 14.0. The highest BCUT2D eigenvalue weighted by molar-refractivity contribution is 5.91. The summed E-state index contributed by atoms with van der Waals surface area (Å²) < 4.78 is 41.0. The van der Waals surface area contributed by atoms with Crippen LogP contribution >= 0.6 is 0 Å². The fourth-order valence-electron chi connectivity index (χ4n) is 2.97. The summed E-state index contributed by atoms with van der Waals surface area (Å²) in [6, 6.07) is 16.1. The Bertz CT molecular complexity index is 1040. The lowest BCUT2D eigenvalue weighted by molar-refractivity contribution is -0.252. The number of aromatic amines is 1. The predicted molar refractivity (Wildman–Crippen MR) is 104 cm³/mol. The van der Waals surface area contributed by atoms with Crippen molar-refractivity contribution in [1.82, 2.24) is 4.98 Å². The number of nitrogens with one attached hydrogen (secondary N) is 2. The van der Waals surface area contributed by atoms with E-state index >= 15 is 0 Å². The van der Waals surface area contributed by atoms with E-state index in [1.165, 1.54) is 12.1 Å². The van der Waals surface area contributed by atoms with Gasteiger partial charge in [0.15, 0.2) is 5.60 Å². The van der Waals surface area contributed by atoms with Crippen molar-refractivity contribution >= 4 is 22.2 Å². The number of fused-ring (bicyclic) bond motifs is 1. The molecular weight excluding hydrogens is 369 g/mol. The molecule has 0 saturated carbocycles. The second kappa shape index (κ2) is 7.52. The molecule has 0 spiro atoms. The lowest BCUT2D eigenvalue weighted by Crippen LogP contribution is -2.50. The van der Waals surface area contributed by atoms with Gasteiger partial charge in [0.25, 0.3) is 0 Å². The molecule has 1 unspecified atom stereocenters. The number of aromatic nitrogens is 1. The van der Waals surface area contributed by atoms with Crippen molar-refractivity contribution in [2.24, 2.45) is 0 Å². The van der Waals surface area contributed by atoms with E-state index in [4.69, 9.17) is 0 Å². The first-order chi connectivity index (χ1) is 13.2. The van der Waals surface area contributed by atoms with Crippen LogP contribution in [0.2, 0.25) is 0 Å². The minimum Gasteiger partial charge on any atom is -0.381 e. The minimum absolute atomic E-state index is 0.185. The maximum Gasteiger partial charge on any atom is 0.419 e. The number of rotatable bonds is 6. The van der Waals surface area contributed by atoms with E-state index in [2.05, 4.69) is 16.9 Å². The highest BCUT2D eigenvalue weighted by atomic mass is 19.4. The van der Waals surface area contributed by atoms with E-state index < -0.39 is 24.7 Å². The standard InChI is InChI=1S/C21H19F3N2O2/c1-14(15-6-3-2-4-7-15)12-20(28,21(22,23)24)13-25-17-8-5-9-18-16(17)10-11-19(27)26-18/h2-11,25,28H,1,12-13H2,(H,26,27). The van der Waals surface area contributed by atoms with Crippen LogP contribution in [0.15, 0.2) is 72.0 Å². The minimum atomic E-state index is -4.86. The molecular formula is C21H19F3N2O2. The maximum atomic E-state index is 13.7. The van der Waals surface area contributed by atoms with E-state index in [0.717, 1.165) is 0 Å². The summed E-state index contributed by atoms with van der Waals surface area (Å²) in [7, 11) is 0. The molecule has 0 bridgehead atoms. The quantitative estimate of drug-likeness (QED) is 0.589. The van der Waals surface area contributed by atoms with Crippen molar-refractivity contribution in [2.75, 3.05) is 11.9 Å². The van der Waals surface area contributed by atoms with Gasteiger partial charge in [-0.25, -0.2) is 0 Å². The third-order valence-electron chi connectivity index (χ3n) is 4.55. The number of pyridine rings is 1. The van der Waals surface area contributed by atoms with Gasteiger partial charge in [-0.3, -0.25) is 4.79 Å². The molecule has 1 atom stereocenters. The number of H-pyrrole nitrogens is 1. The molecule has 4 nitrogen and oxygen atoms in total. The summed E-state index contributed by atoms with van der Waals surface area (Å²) in [5, 5.41) is 13.7. The third kappa shape index (κ3) is 4.09. The molecule has 0 radical (unpaired) electrons. The van der Waals surface area contributed by atoms with Crippen molar-refractivity contribution in [3.63, 3.8) is 0 Å². The molecule has 0 aliphatic heterocycles. The molecule has 0 amide bonds. The lowest BCUT2D eigenvalue weighted by atomic mass is 9.90. The molecule has 1 heterocycles. The van der Waals surface area contributed by atoms with Gasteiger partial charge in [-0.05, 0) is 29.3 Å². The van der Waals surface area contributed by atoms with Crippen LogP contribution < -0.4 is 10.9 Å². The van der Waals surface area contributed by atoms with Crippen molar-refractivity contribution in [1.29, 1.82) is 0 Å². The van der Waals surface area contributed by atoms with Gasteiger partial charge in [0.05, 0.1) is 12.1 Å². The molecule has 0 aliphatic carbocycles. The van der Waals surface area contributed by atoms with E-state index in [1.54, 1.807) is 48.5 Å². The highest BCUT2D eigenvalue weighted by Gasteiger charge is 2.53. The molecule has 3 rings (SSSR count). The number of alkyl halides is 3. The fraction of sp³-hybridized carbons (Fsp3) is 0.190. The SMILES string of the molecule is C=C(CC(O)(CNc1cccc2[nH]c(=O)ccc12)C(F)(F)F)c1ccccc1. The molecule has 0 saturated heterocycles. The molecule has 0 fully saturated rings. The van der Waals surface area contributed by atoms with Crippen molar-refractivity contribution < 1.29 is 18.3 Å². The van der Waals surface area contributed by atoms with Gasteiger partial charge in [0.1, 0.15) is 0 Å². The van der Waals surface area contributed by atoms with E-state index in [0.29, 0.717) is 22.2 Å². The molecule has 0 aliphatic rings. The molecule has 3 aromatic rings. The smallest absolute Gasteiger partial charge is 0.381 e. The number of anilines is 1. The van der Waals surface area contributed by atoms with Gasteiger partial charge in [-0.2, -0.15) is 13.2 Å². The lowest BCUT2D eigenvalue weighted by Gasteiger charge is -2.32. The largest absolute Gasteiger partial charge is 0.419 e. The Labute approximate surface area is 159 Å². The van der Waals surface area contributed by atoms with Crippen LogP contribution in [0.5, 0.6) is 0 Å². The van der Waals surface area contributed by atoms with Crippen LogP contribution in [0.4, 0.5) is 18.9 Å². The molecule has 1 aromatic heterocycles. The van der Waals surface area contributed by atoms with Gasteiger partial charge >= 0.3 is 6.18 Å². The summed E-state index contributed by atoms with van der Waals surface area (Å²) >= 11 is 0. The topological polar surface area (TPSA) is 65.1 Å². The Kier molecular flexibility index (Phi) is 5.29. The van der Waals surface area contributed by atoms with E-state index in [1.807, 2.05) is 0 Å². The molecule has 146 valence electrons. The normalized spacial score (nSPS) is 13.9. The van der Waals surface area contributed by atoms with Gasteiger partial charge in [0, 0.05) is 23.6 Å². The van der Waals surface area contributed by atoms with Gasteiger partial charge in [0.2, 0.25) is 5.56 Å². The first-order valence-corrected chi connectivity index (χ1v) is 8.58. The summed E-state index contributed by atoms with van der Waals surface area (Å²) in [6.45, 7) is 2.95. The average Bonchev–Trinajstić information content (AvgIpc) is 2.65. The molecule has 3 N–H and O–H groups in total. The van der Waals surface area contributed by atoms with Crippen LogP contribution in [0.1, 0.15) is 12.0 Å². The molecule has 2 aromatic carbocycles.